The minimum absolute atomic E-state index is 0.230. The highest BCUT2D eigenvalue weighted by Crippen LogP contribution is 2.28. The molecule has 2 rings (SSSR count). The Morgan fingerprint density at radius 3 is 2.50 bits per heavy atom. The summed E-state index contributed by atoms with van der Waals surface area (Å²) in [6.07, 6.45) is -3.27. The molecule has 0 atom stereocenters. The van der Waals surface area contributed by atoms with Gasteiger partial charge in [0.1, 0.15) is 0 Å². The van der Waals surface area contributed by atoms with E-state index in [0.717, 1.165) is 10.7 Å². The second-order valence-corrected chi connectivity index (χ2v) is 3.98. The van der Waals surface area contributed by atoms with Gasteiger partial charge in [0.05, 0.1) is 12.3 Å². The minimum atomic E-state index is -4.47. The van der Waals surface area contributed by atoms with Crippen LogP contribution in [0.1, 0.15) is 11.3 Å². The van der Waals surface area contributed by atoms with E-state index in [-0.39, 0.29) is 11.6 Å². The summed E-state index contributed by atoms with van der Waals surface area (Å²) in [6.45, 7) is -0.230. The quantitative estimate of drug-likeness (QED) is 0.915. The SMILES string of the molecule is OCc1ccc(-n2ccc(C(F)(F)F)n2)cc1Cl. The summed E-state index contributed by atoms with van der Waals surface area (Å²) in [6, 6.07) is 5.39. The first-order chi connectivity index (χ1) is 8.41. The van der Waals surface area contributed by atoms with Gasteiger partial charge in [0, 0.05) is 11.2 Å². The van der Waals surface area contributed by atoms with Crippen LogP contribution in [0.5, 0.6) is 0 Å². The van der Waals surface area contributed by atoms with Crippen molar-refractivity contribution in [1.82, 2.24) is 9.78 Å². The van der Waals surface area contributed by atoms with Crippen molar-refractivity contribution in [2.45, 2.75) is 12.8 Å². The zero-order valence-corrected chi connectivity index (χ0v) is 9.70. The Morgan fingerprint density at radius 1 is 1.28 bits per heavy atom. The van der Waals surface area contributed by atoms with Gasteiger partial charge in [0.2, 0.25) is 0 Å². The van der Waals surface area contributed by atoms with Crippen LogP contribution in [0.3, 0.4) is 0 Å². The lowest BCUT2D eigenvalue weighted by Crippen LogP contribution is -2.07. The average molecular weight is 277 g/mol. The van der Waals surface area contributed by atoms with Gasteiger partial charge < -0.3 is 5.11 Å². The molecular weight excluding hydrogens is 269 g/mol. The largest absolute Gasteiger partial charge is 0.435 e. The second kappa shape index (κ2) is 4.62. The summed E-state index contributed by atoms with van der Waals surface area (Å²) in [4.78, 5) is 0. The van der Waals surface area contributed by atoms with Crippen LogP contribution in [0.2, 0.25) is 5.02 Å². The molecule has 7 heteroatoms. The number of rotatable bonds is 2. The molecule has 2 aromatic rings. The molecule has 0 amide bonds. The monoisotopic (exact) mass is 276 g/mol. The van der Waals surface area contributed by atoms with Crippen molar-refractivity contribution in [3.63, 3.8) is 0 Å². The van der Waals surface area contributed by atoms with Gasteiger partial charge in [-0.25, -0.2) is 4.68 Å². The lowest BCUT2D eigenvalue weighted by atomic mass is 10.2. The first-order valence-electron chi connectivity index (χ1n) is 4.94. The number of halogens is 4. The highest BCUT2D eigenvalue weighted by atomic mass is 35.5. The predicted octanol–water partition coefficient (Wildman–Crippen LogP) is 3.04. The Bertz CT molecular complexity index is 566. The van der Waals surface area contributed by atoms with Gasteiger partial charge in [-0.3, -0.25) is 0 Å². The van der Waals surface area contributed by atoms with E-state index in [9.17, 15) is 13.2 Å². The number of nitrogens with zero attached hydrogens (tertiary/aromatic N) is 2. The first-order valence-corrected chi connectivity index (χ1v) is 5.32. The second-order valence-electron chi connectivity index (χ2n) is 3.58. The number of hydrogen-bond donors (Lipinski definition) is 1. The van der Waals surface area contributed by atoms with Crippen LogP contribution < -0.4 is 0 Å². The summed E-state index contributed by atoms with van der Waals surface area (Å²) in [5, 5.41) is 12.6. The molecule has 1 aromatic carbocycles. The smallest absolute Gasteiger partial charge is 0.392 e. The van der Waals surface area contributed by atoms with E-state index in [0.29, 0.717) is 11.3 Å². The highest BCUT2D eigenvalue weighted by Gasteiger charge is 2.33. The number of aromatic nitrogens is 2. The van der Waals surface area contributed by atoms with Gasteiger partial charge in [-0.2, -0.15) is 18.3 Å². The molecule has 1 heterocycles. The summed E-state index contributed by atoms with van der Waals surface area (Å²) in [5.74, 6) is 0. The third-order valence-corrected chi connectivity index (χ3v) is 2.70. The fourth-order valence-corrected chi connectivity index (χ4v) is 1.66. The molecule has 1 aromatic heterocycles. The van der Waals surface area contributed by atoms with E-state index in [1.54, 1.807) is 0 Å². The zero-order chi connectivity index (χ0) is 13.3. The summed E-state index contributed by atoms with van der Waals surface area (Å²) in [7, 11) is 0. The van der Waals surface area contributed by atoms with Gasteiger partial charge in [-0.1, -0.05) is 17.7 Å². The molecule has 0 radical (unpaired) electrons. The van der Waals surface area contributed by atoms with Crippen molar-refractivity contribution in [3.05, 3.63) is 46.7 Å². The lowest BCUT2D eigenvalue weighted by molar-refractivity contribution is -0.141. The van der Waals surface area contributed by atoms with E-state index in [1.165, 1.54) is 24.4 Å². The van der Waals surface area contributed by atoms with Gasteiger partial charge >= 0.3 is 6.18 Å². The molecule has 0 fully saturated rings. The summed E-state index contributed by atoms with van der Waals surface area (Å²) < 4.78 is 38.2. The van der Waals surface area contributed by atoms with Crippen LogP contribution in [0.4, 0.5) is 13.2 Å². The molecule has 96 valence electrons. The maximum atomic E-state index is 12.4. The van der Waals surface area contributed by atoms with Crippen molar-refractivity contribution >= 4 is 11.6 Å². The predicted molar refractivity (Wildman–Crippen MR) is 59.5 cm³/mol. The molecule has 0 saturated carbocycles. The number of hydrogen-bond acceptors (Lipinski definition) is 2. The van der Waals surface area contributed by atoms with Gasteiger partial charge in [-0.15, -0.1) is 0 Å². The Balaban J connectivity index is 2.38. The van der Waals surface area contributed by atoms with E-state index in [4.69, 9.17) is 16.7 Å². The van der Waals surface area contributed by atoms with E-state index >= 15 is 0 Å². The third kappa shape index (κ3) is 2.49. The van der Waals surface area contributed by atoms with Crippen molar-refractivity contribution in [2.24, 2.45) is 0 Å². The summed E-state index contributed by atoms with van der Waals surface area (Å²) >= 11 is 5.85. The molecular formula is C11H8ClF3N2O. The maximum absolute atomic E-state index is 12.4. The van der Waals surface area contributed by atoms with E-state index in [1.807, 2.05) is 0 Å². The normalized spacial score (nSPS) is 11.8. The van der Waals surface area contributed by atoms with Crippen molar-refractivity contribution in [1.29, 1.82) is 0 Å². The molecule has 0 bridgehead atoms. The molecule has 0 saturated heterocycles. The van der Waals surface area contributed by atoms with Gasteiger partial charge in [0.15, 0.2) is 5.69 Å². The first kappa shape index (κ1) is 12.9. The average Bonchev–Trinajstić information content (AvgIpc) is 2.77. The maximum Gasteiger partial charge on any atom is 0.435 e. The van der Waals surface area contributed by atoms with Crippen LogP contribution in [-0.2, 0) is 12.8 Å². The van der Waals surface area contributed by atoms with Crippen molar-refractivity contribution < 1.29 is 18.3 Å². The van der Waals surface area contributed by atoms with Crippen LogP contribution in [-0.4, -0.2) is 14.9 Å². The van der Waals surface area contributed by atoms with Crippen LogP contribution in [0.15, 0.2) is 30.5 Å². The molecule has 0 aliphatic carbocycles. The number of aliphatic hydroxyl groups excluding tert-OH is 1. The standard InChI is InChI=1S/C11H8ClF3N2O/c12-9-5-8(2-1-7(9)6-18)17-4-3-10(16-17)11(13,14)15/h1-5,18H,6H2. The fraction of sp³-hybridized carbons (Fsp3) is 0.182. The third-order valence-electron chi connectivity index (χ3n) is 2.35. The molecule has 3 nitrogen and oxygen atoms in total. The number of alkyl halides is 3. The Morgan fingerprint density at radius 2 is 2.00 bits per heavy atom. The van der Waals surface area contributed by atoms with E-state index < -0.39 is 11.9 Å². The Labute approximate surface area is 105 Å². The molecule has 18 heavy (non-hydrogen) atoms. The fourth-order valence-electron chi connectivity index (χ4n) is 1.43. The molecule has 0 spiro atoms. The van der Waals surface area contributed by atoms with Crippen molar-refractivity contribution in [2.75, 3.05) is 0 Å². The Kier molecular flexibility index (Phi) is 3.32. The molecule has 0 unspecified atom stereocenters. The Hall–Kier alpha value is -1.53. The zero-order valence-electron chi connectivity index (χ0n) is 8.95. The van der Waals surface area contributed by atoms with Crippen molar-refractivity contribution in [3.8, 4) is 5.69 Å². The highest BCUT2D eigenvalue weighted by molar-refractivity contribution is 6.31. The van der Waals surface area contributed by atoms with E-state index in [2.05, 4.69) is 5.10 Å². The number of aliphatic hydroxyl groups is 1. The lowest BCUT2D eigenvalue weighted by Gasteiger charge is -2.05. The van der Waals surface area contributed by atoms with Gasteiger partial charge in [-0.05, 0) is 23.8 Å². The van der Waals surface area contributed by atoms with Crippen LogP contribution in [0.25, 0.3) is 5.69 Å². The molecule has 1 N–H and O–H groups in total. The minimum Gasteiger partial charge on any atom is -0.392 e. The molecule has 0 aliphatic heterocycles. The van der Waals surface area contributed by atoms with Gasteiger partial charge in [0.25, 0.3) is 0 Å². The van der Waals surface area contributed by atoms with Crippen LogP contribution >= 0.6 is 11.6 Å². The topological polar surface area (TPSA) is 38.0 Å². The number of benzene rings is 1. The summed E-state index contributed by atoms with van der Waals surface area (Å²) in [5.41, 5.74) is -0.0684. The van der Waals surface area contributed by atoms with Crippen LogP contribution in [0, 0.1) is 0 Å². The molecule has 0 aliphatic rings.